The third kappa shape index (κ3) is 3.19. The number of nitrogens with zero attached hydrogens (tertiary/aromatic N) is 1. The Labute approximate surface area is 125 Å². The van der Waals surface area contributed by atoms with Crippen molar-refractivity contribution >= 4 is 27.8 Å². The van der Waals surface area contributed by atoms with Gasteiger partial charge in [-0.2, -0.15) is 0 Å². The van der Waals surface area contributed by atoms with Crippen LogP contribution in [-0.4, -0.2) is 47.2 Å². The van der Waals surface area contributed by atoms with Crippen LogP contribution < -0.4 is 0 Å². The summed E-state index contributed by atoms with van der Waals surface area (Å²) in [5.74, 6) is -1.22. The molecule has 0 saturated carbocycles. The summed E-state index contributed by atoms with van der Waals surface area (Å²) in [5.41, 5.74) is 1.58. The minimum atomic E-state index is -1.04. The molecule has 0 radical (unpaired) electrons. The Morgan fingerprint density at radius 3 is 2.70 bits per heavy atom. The predicted octanol–water partition coefficient (Wildman–Crippen LogP) is 2.07. The van der Waals surface area contributed by atoms with E-state index in [1.165, 1.54) is 4.90 Å². The molecular weight excluding hydrogens is 326 g/mol. The number of amides is 1. The second-order valence-corrected chi connectivity index (χ2v) is 5.80. The third-order valence-electron chi connectivity index (χ3n) is 3.24. The smallest absolute Gasteiger partial charge is 0.334 e. The zero-order valence-electron chi connectivity index (χ0n) is 11.3. The summed E-state index contributed by atoms with van der Waals surface area (Å²) in [6.07, 6.45) is -1.25. The van der Waals surface area contributed by atoms with Crippen molar-refractivity contribution in [2.75, 3.05) is 13.1 Å². The topological polar surface area (TPSA) is 66.8 Å². The third-order valence-corrected chi connectivity index (χ3v) is 4.10. The molecule has 0 aliphatic carbocycles. The van der Waals surface area contributed by atoms with Crippen molar-refractivity contribution in [3.8, 4) is 0 Å². The molecule has 108 valence electrons. The van der Waals surface area contributed by atoms with Gasteiger partial charge in [-0.1, -0.05) is 22.0 Å². The maximum atomic E-state index is 12.4. The number of hydrogen-bond donors (Lipinski definition) is 1. The summed E-state index contributed by atoms with van der Waals surface area (Å²) in [6, 6.07) is 5.36. The standard InChI is InChI=1S/C14H16BrNO4/c1-8-3-4-10(5-11(8)15)13(17)16-6-9(2)20-12(7-16)14(18)19/h3-5,9,12H,6-7H2,1-2H3,(H,18,19)/t9-,12?/m1/s1. The number of morpholine rings is 1. The van der Waals surface area contributed by atoms with Gasteiger partial charge in [0.1, 0.15) is 0 Å². The molecule has 0 bridgehead atoms. The first-order valence-electron chi connectivity index (χ1n) is 6.32. The van der Waals surface area contributed by atoms with E-state index >= 15 is 0 Å². The highest BCUT2D eigenvalue weighted by Crippen LogP contribution is 2.20. The number of carbonyl (C=O) groups is 2. The fraction of sp³-hybridized carbons (Fsp3) is 0.429. The van der Waals surface area contributed by atoms with Gasteiger partial charge in [0.25, 0.3) is 5.91 Å². The zero-order valence-corrected chi connectivity index (χ0v) is 12.9. The molecule has 2 rings (SSSR count). The van der Waals surface area contributed by atoms with Gasteiger partial charge in [-0.25, -0.2) is 4.79 Å². The highest BCUT2D eigenvalue weighted by atomic mass is 79.9. The van der Waals surface area contributed by atoms with E-state index in [-0.39, 0.29) is 18.6 Å². The van der Waals surface area contributed by atoms with E-state index in [0.717, 1.165) is 10.0 Å². The zero-order chi connectivity index (χ0) is 14.9. The lowest BCUT2D eigenvalue weighted by molar-refractivity contribution is -0.160. The number of aryl methyl sites for hydroxylation is 1. The number of carboxylic acid groups (broad SMARTS) is 1. The Hall–Kier alpha value is -1.40. The first kappa shape index (κ1) is 15.0. The molecule has 1 aromatic carbocycles. The molecule has 1 saturated heterocycles. The molecular formula is C14H16BrNO4. The van der Waals surface area contributed by atoms with E-state index in [1.807, 2.05) is 13.0 Å². The fourth-order valence-electron chi connectivity index (χ4n) is 2.16. The first-order valence-corrected chi connectivity index (χ1v) is 7.11. The molecule has 1 amide bonds. The van der Waals surface area contributed by atoms with Crippen molar-refractivity contribution in [2.45, 2.75) is 26.1 Å². The highest BCUT2D eigenvalue weighted by molar-refractivity contribution is 9.10. The number of halogens is 1. The van der Waals surface area contributed by atoms with Crippen molar-refractivity contribution in [2.24, 2.45) is 0 Å². The molecule has 1 N–H and O–H groups in total. The molecule has 2 atom stereocenters. The van der Waals surface area contributed by atoms with E-state index in [2.05, 4.69) is 15.9 Å². The molecule has 1 unspecified atom stereocenters. The molecule has 0 spiro atoms. The Morgan fingerprint density at radius 1 is 1.40 bits per heavy atom. The molecule has 20 heavy (non-hydrogen) atoms. The largest absolute Gasteiger partial charge is 0.479 e. The van der Waals surface area contributed by atoms with Crippen molar-refractivity contribution in [1.82, 2.24) is 4.90 Å². The number of benzene rings is 1. The summed E-state index contributed by atoms with van der Waals surface area (Å²) < 4.78 is 6.16. The number of carboxylic acids is 1. The highest BCUT2D eigenvalue weighted by Gasteiger charge is 2.33. The summed E-state index contributed by atoms with van der Waals surface area (Å²) >= 11 is 3.40. The average molecular weight is 342 g/mol. The van der Waals surface area contributed by atoms with Crippen LogP contribution >= 0.6 is 15.9 Å². The Bertz CT molecular complexity index is 546. The fourth-order valence-corrected chi connectivity index (χ4v) is 2.54. The van der Waals surface area contributed by atoms with Crippen molar-refractivity contribution in [1.29, 1.82) is 0 Å². The first-order chi connectivity index (χ1) is 9.38. The van der Waals surface area contributed by atoms with Crippen LogP contribution in [-0.2, 0) is 9.53 Å². The summed E-state index contributed by atoms with van der Waals surface area (Å²) in [6.45, 7) is 4.17. The predicted molar refractivity (Wildman–Crippen MR) is 76.8 cm³/mol. The van der Waals surface area contributed by atoms with Gasteiger partial charge < -0.3 is 14.7 Å². The number of carbonyl (C=O) groups excluding carboxylic acids is 1. The lowest BCUT2D eigenvalue weighted by Crippen LogP contribution is -2.51. The average Bonchev–Trinajstić information content (AvgIpc) is 2.40. The molecule has 0 aromatic heterocycles. The van der Waals surface area contributed by atoms with Gasteiger partial charge >= 0.3 is 5.97 Å². The van der Waals surface area contributed by atoms with Gasteiger partial charge in [0.15, 0.2) is 6.10 Å². The minimum Gasteiger partial charge on any atom is -0.479 e. The minimum absolute atomic E-state index is 0.0734. The summed E-state index contributed by atoms with van der Waals surface area (Å²) in [7, 11) is 0. The Kier molecular flexibility index (Phi) is 4.45. The monoisotopic (exact) mass is 341 g/mol. The van der Waals surface area contributed by atoms with Gasteiger partial charge in [0, 0.05) is 16.6 Å². The van der Waals surface area contributed by atoms with Gasteiger partial charge in [0.05, 0.1) is 12.6 Å². The van der Waals surface area contributed by atoms with Crippen LogP contribution in [0, 0.1) is 6.92 Å². The van der Waals surface area contributed by atoms with Crippen molar-refractivity contribution in [3.05, 3.63) is 33.8 Å². The van der Waals surface area contributed by atoms with E-state index in [9.17, 15) is 9.59 Å². The molecule has 1 aliphatic rings. The molecule has 1 heterocycles. The molecule has 1 aromatic rings. The van der Waals surface area contributed by atoms with E-state index in [4.69, 9.17) is 9.84 Å². The number of hydrogen-bond acceptors (Lipinski definition) is 3. The van der Waals surface area contributed by atoms with Gasteiger partial charge in [-0.3, -0.25) is 4.79 Å². The van der Waals surface area contributed by atoms with Crippen LogP contribution in [0.25, 0.3) is 0 Å². The maximum Gasteiger partial charge on any atom is 0.334 e. The number of rotatable bonds is 2. The second kappa shape index (κ2) is 5.93. The van der Waals surface area contributed by atoms with Crippen LogP contribution in [0.1, 0.15) is 22.8 Å². The van der Waals surface area contributed by atoms with Crippen molar-refractivity contribution < 1.29 is 19.4 Å². The number of aliphatic carboxylic acids is 1. The van der Waals surface area contributed by atoms with Gasteiger partial charge in [-0.05, 0) is 31.5 Å². The Balaban J connectivity index is 2.19. The molecule has 5 nitrogen and oxygen atoms in total. The van der Waals surface area contributed by atoms with Crippen LogP contribution in [0.2, 0.25) is 0 Å². The quantitative estimate of drug-likeness (QED) is 0.894. The SMILES string of the molecule is Cc1ccc(C(=O)N2CC(C(=O)O)O[C@H](C)C2)cc1Br. The number of ether oxygens (including phenoxy) is 1. The van der Waals surface area contributed by atoms with E-state index in [0.29, 0.717) is 12.1 Å². The Morgan fingerprint density at radius 2 is 2.10 bits per heavy atom. The van der Waals surface area contributed by atoms with Crippen molar-refractivity contribution in [3.63, 3.8) is 0 Å². The van der Waals surface area contributed by atoms with Crippen LogP contribution in [0.5, 0.6) is 0 Å². The molecule has 6 heteroatoms. The lowest BCUT2D eigenvalue weighted by atomic mass is 10.1. The van der Waals surface area contributed by atoms with E-state index < -0.39 is 12.1 Å². The van der Waals surface area contributed by atoms with Crippen LogP contribution in [0.3, 0.4) is 0 Å². The van der Waals surface area contributed by atoms with E-state index in [1.54, 1.807) is 19.1 Å². The van der Waals surface area contributed by atoms with Gasteiger partial charge in [-0.15, -0.1) is 0 Å². The second-order valence-electron chi connectivity index (χ2n) is 4.95. The van der Waals surface area contributed by atoms with Crippen LogP contribution in [0.15, 0.2) is 22.7 Å². The normalized spacial score (nSPS) is 22.6. The molecule has 1 aliphatic heterocycles. The summed E-state index contributed by atoms with van der Waals surface area (Å²) in [5, 5.41) is 9.04. The molecule has 1 fully saturated rings. The van der Waals surface area contributed by atoms with Crippen LogP contribution in [0.4, 0.5) is 0 Å². The van der Waals surface area contributed by atoms with Gasteiger partial charge in [0.2, 0.25) is 0 Å². The lowest BCUT2D eigenvalue weighted by Gasteiger charge is -2.35. The maximum absolute atomic E-state index is 12.4. The summed E-state index contributed by atoms with van der Waals surface area (Å²) in [4.78, 5) is 25.0.